The lowest BCUT2D eigenvalue weighted by molar-refractivity contribution is 0.291. The molecule has 0 fully saturated rings. The van der Waals surface area contributed by atoms with Crippen LogP contribution in [0.1, 0.15) is 12.5 Å². The molecule has 1 heterocycles. The zero-order valence-electron chi connectivity index (χ0n) is 10.2. The van der Waals surface area contributed by atoms with Crippen LogP contribution >= 0.6 is 0 Å². The second kappa shape index (κ2) is 5.86. The average molecular weight is 245 g/mol. The highest BCUT2D eigenvalue weighted by molar-refractivity contribution is 5.98. The van der Waals surface area contributed by atoms with Crippen molar-refractivity contribution in [3.63, 3.8) is 0 Å². The summed E-state index contributed by atoms with van der Waals surface area (Å²) in [6.45, 7) is 2.98. The molecule has 0 aliphatic heterocycles. The minimum atomic E-state index is 0.542. The maximum absolute atomic E-state index is 8.72. The van der Waals surface area contributed by atoms with E-state index in [0.29, 0.717) is 18.9 Å². The third-order valence-corrected chi connectivity index (χ3v) is 2.55. The quantitative estimate of drug-likeness (QED) is 0.499. The van der Waals surface area contributed by atoms with Gasteiger partial charge in [0.15, 0.2) is 0 Å². The van der Waals surface area contributed by atoms with Gasteiger partial charge in [0.2, 0.25) is 0 Å². The molecule has 0 radical (unpaired) electrons. The Labute approximate surface area is 105 Å². The van der Waals surface area contributed by atoms with Crippen LogP contribution in [-0.2, 0) is 6.54 Å². The Kier molecular flexibility index (Phi) is 3.96. The molecule has 1 N–H and O–H groups in total. The van der Waals surface area contributed by atoms with E-state index in [0.717, 1.165) is 11.3 Å². The van der Waals surface area contributed by atoms with E-state index < -0.39 is 0 Å². The standard InChI is InChI=1S/C13H15N3O2/c1-11(15-17)12-4-2-5-13(10-12)18-9-8-16-7-3-6-14-16/h2-7,10,17H,8-9H2,1H3. The van der Waals surface area contributed by atoms with Crippen molar-refractivity contribution in [3.05, 3.63) is 48.3 Å². The van der Waals surface area contributed by atoms with Crippen molar-refractivity contribution in [3.8, 4) is 5.75 Å². The predicted octanol–water partition coefficient (Wildman–Crippen LogP) is 2.16. The Balaban J connectivity index is 1.93. The third-order valence-electron chi connectivity index (χ3n) is 2.55. The molecule has 0 saturated carbocycles. The number of oxime groups is 1. The fraction of sp³-hybridized carbons (Fsp3) is 0.231. The van der Waals surface area contributed by atoms with Gasteiger partial charge in [-0.25, -0.2) is 0 Å². The van der Waals surface area contributed by atoms with Crippen molar-refractivity contribution in [1.82, 2.24) is 9.78 Å². The molecule has 0 aliphatic carbocycles. The number of hydrogen-bond acceptors (Lipinski definition) is 4. The van der Waals surface area contributed by atoms with E-state index in [1.54, 1.807) is 13.1 Å². The Bertz CT molecular complexity index is 521. The first-order chi connectivity index (χ1) is 8.79. The highest BCUT2D eigenvalue weighted by Gasteiger charge is 2.00. The summed E-state index contributed by atoms with van der Waals surface area (Å²) in [5.41, 5.74) is 1.40. The zero-order chi connectivity index (χ0) is 12.8. The van der Waals surface area contributed by atoms with Gasteiger partial charge >= 0.3 is 0 Å². The summed E-state index contributed by atoms with van der Waals surface area (Å²) >= 11 is 0. The van der Waals surface area contributed by atoms with Gasteiger partial charge in [-0.2, -0.15) is 5.10 Å². The van der Waals surface area contributed by atoms with Gasteiger partial charge in [-0.1, -0.05) is 17.3 Å². The van der Waals surface area contributed by atoms with Gasteiger partial charge in [0.25, 0.3) is 0 Å². The van der Waals surface area contributed by atoms with Crippen molar-refractivity contribution in [2.45, 2.75) is 13.5 Å². The third kappa shape index (κ3) is 3.10. The molecule has 0 aliphatic rings. The van der Waals surface area contributed by atoms with Crippen LogP contribution < -0.4 is 4.74 Å². The molecular formula is C13H15N3O2. The van der Waals surface area contributed by atoms with E-state index in [-0.39, 0.29) is 0 Å². The van der Waals surface area contributed by atoms with Crippen LogP contribution in [0.4, 0.5) is 0 Å². The summed E-state index contributed by atoms with van der Waals surface area (Å²) < 4.78 is 7.43. The normalized spacial score (nSPS) is 11.5. The average Bonchev–Trinajstić information content (AvgIpc) is 2.91. The number of rotatable bonds is 5. The molecule has 18 heavy (non-hydrogen) atoms. The lowest BCUT2D eigenvalue weighted by atomic mass is 10.1. The second-order valence-corrected chi connectivity index (χ2v) is 3.83. The van der Waals surface area contributed by atoms with Crippen LogP contribution in [0, 0.1) is 0 Å². The molecule has 5 nitrogen and oxygen atoms in total. The Morgan fingerprint density at radius 2 is 2.33 bits per heavy atom. The fourth-order valence-electron chi connectivity index (χ4n) is 1.56. The zero-order valence-corrected chi connectivity index (χ0v) is 10.2. The molecule has 1 aromatic heterocycles. The van der Waals surface area contributed by atoms with Crippen LogP contribution in [0.2, 0.25) is 0 Å². The van der Waals surface area contributed by atoms with E-state index in [1.165, 1.54) is 0 Å². The van der Waals surface area contributed by atoms with E-state index in [9.17, 15) is 0 Å². The second-order valence-electron chi connectivity index (χ2n) is 3.83. The Morgan fingerprint density at radius 1 is 1.44 bits per heavy atom. The van der Waals surface area contributed by atoms with Gasteiger partial charge in [0.1, 0.15) is 12.4 Å². The first-order valence-corrected chi connectivity index (χ1v) is 5.69. The molecule has 2 aromatic rings. The minimum absolute atomic E-state index is 0.542. The smallest absolute Gasteiger partial charge is 0.120 e. The number of ether oxygens (including phenoxy) is 1. The van der Waals surface area contributed by atoms with Gasteiger partial charge in [-0.3, -0.25) is 4.68 Å². The summed E-state index contributed by atoms with van der Waals surface area (Å²) in [4.78, 5) is 0. The lowest BCUT2D eigenvalue weighted by Gasteiger charge is -2.07. The molecule has 0 spiro atoms. The van der Waals surface area contributed by atoms with Gasteiger partial charge in [-0.05, 0) is 25.1 Å². The summed E-state index contributed by atoms with van der Waals surface area (Å²) in [5.74, 6) is 0.752. The molecule has 0 atom stereocenters. The van der Waals surface area contributed by atoms with E-state index in [4.69, 9.17) is 9.94 Å². The predicted molar refractivity (Wildman–Crippen MR) is 68.2 cm³/mol. The number of nitrogens with zero attached hydrogens (tertiary/aromatic N) is 3. The van der Waals surface area contributed by atoms with Gasteiger partial charge < -0.3 is 9.94 Å². The van der Waals surface area contributed by atoms with E-state index >= 15 is 0 Å². The molecule has 0 saturated heterocycles. The first kappa shape index (κ1) is 12.2. The van der Waals surface area contributed by atoms with Crippen molar-refractivity contribution in [1.29, 1.82) is 0 Å². The molecule has 0 amide bonds. The highest BCUT2D eigenvalue weighted by Crippen LogP contribution is 2.14. The van der Waals surface area contributed by atoms with Crippen LogP contribution in [0.3, 0.4) is 0 Å². The number of hydrogen-bond donors (Lipinski definition) is 1. The topological polar surface area (TPSA) is 59.6 Å². The summed E-state index contributed by atoms with van der Waals surface area (Å²) in [6.07, 6.45) is 3.63. The molecule has 0 bridgehead atoms. The van der Waals surface area contributed by atoms with Gasteiger partial charge in [0, 0.05) is 18.0 Å². The monoisotopic (exact) mass is 245 g/mol. The van der Waals surface area contributed by atoms with Crippen molar-refractivity contribution < 1.29 is 9.94 Å². The molecular weight excluding hydrogens is 230 g/mol. The van der Waals surface area contributed by atoms with Crippen LogP contribution in [-0.4, -0.2) is 27.3 Å². The van der Waals surface area contributed by atoms with Crippen LogP contribution in [0.15, 0.2) is 47.9 Å². The SMILES string of the molecule is CC(=NO)c1cccc(OCCn2cccn2)c1. The van der Waals surface area contributed by atoms with Crippen LogP contribution in [0.5, 0.6) is 5.75 Å². The van der Waals surface area contributed by atoms with Crippen molar-refractivity contribution in [2.24, 2.45) is 5.16 Å². The highest BCUT2D eigenvalue weighted by atomic mass is 16.5. The molecule has 5 heteroatoms. The molecule has 94 valence electrons. The van der Waals surface area contributed by atoms with Gasteiger partial charge in [-0.15, -0.1) is 0 Å². The lowest BCUT2D eigenvalue weighted by Crippen LogP contribution is -2.08. The molecule has 2 rings (SSSR count). The summed E-state index contributed by atoms with van der Waals surface area (Å²) in [6, 6.07) is 9.33. The molecule has 0 unspecified atom stereocenters. The number of benzene rings is 1. The maximum Gasteiger partial charge on any atom is 0.120 e. The van der Waals surface area contributed by atoms with Crippen molar-refractivity contribution >= 4 is 5.71 Å². The van der Waals surface area contributed by atoms with Gasteiger partial charge in [0.05, 0.1) is 12.3 Å². The number of aromatic nitrogens is 2. The summed E-state index contributed by atoms with van der Waals surface area (Å²) in [7, 11) is 0. The molecule has 1 aromatic carbocycles. The Hall–Kier alpha value is -2.30. The fourth-order valence-corrected chi connectivity index (χ4v) is 1.56. The largest absolute Gasteiger partial charge is 0.492 e. The van der Waals surface area contributed by atoms with Crippen molar-refractivity contribution in [2.75, 3.05) is 6.61 Å². The summed E-state index contributed by atoms with van der Waals surface area (Å²) in [5, 5.41) is 16.0. The van der Waals surface area contributed by atoms with E-state index in [1.807, 2.05) is 41.2 Å². The van der Waals surface area contributed by atoms with E-state index in [2.05, 4.69) is 10.3 Å². The van der Waals surface area contributed by atoms with Crippen LogP contribution in [0.25, 0.3) is 0 Å². The first-order valence-electron chi connectivity index (χ1n) is 5.69. The Morgan fingerprint density at radius 3 is 3.06 bits per heavy atom. The minimum Gasteiger partial charge on any atom is -0.492 e. The maximum atomic E-state index is 8.72.